The van der Waals surface area contributed by atoms with E-state index in [1.807, 2.05) is 13.8 Å². The number of benzene rings is 2. The maximum atomic E-state index is 13.4. The minimum absolute atomic E-state index is 0.0450. The molecule has 1 atom stereocenters. The first-order valence-corrected chi connectivity index (χ1v) is 12.6. The van der Waals surface area contributed by atoms with Gasteiger partial charge in [0.2, 0.25) is 21.8 Å². The molecule has 10 heteroatoms. The summed E-state index contributed by atoms with van der Waals surface area (Å²) in [4.78, 5) is 27.4. The lowest BCUT2D eigenvalue weighted by Gasteiger charge is -2.32. The molecular weight excluding hydrogens is 473 g/mol. The molecule has 0 saturated heterocycles. The summed E-state index contributed by atoms with van der Waals surface area (Å²) in [6.07, 6.45) is 1.02. The fourth-order valence-corrected chi connectivity index (χ4v) is 4.19. The second kappa shape index (κ2) is 11.0. The van der Waals surface area contributed by atoms with E-state index in [9.17, 15) is 18.0 Å². The third-order valence-electron chi connectivity index (χ3n) is 4.69. The molecule has 0 bridgehead atoms. The smallest absolute Gasteiger partial charge is 0.244 e. The maximum Gasteiger partial charge on any atom is 0.244 e. The zero-order valence-electron chi connectivity index (χ0n) is 18.4. The zero-order valence-corrected chi connectivity index (χ0v) is 20.7. The molecule has 0 aliphatic heterocycles. The topological polar surface area (TPSA) is 86.8 Å². The van der Waals surface area contributed by atoms with Crippen molar-refractivity contribution in [2.75, 3.05) is 17.1 Å². The molecule has 2 rings (SSSR count). The van der Waals surface area contributed by atoms with E-state index in [0.29, 0.717) is 21.3 Å². The predicted octanol–water partition coefficient (Wildman–Crippen LogP) is 3.70. The van der Waals surface area contributed by atoms with Gasteiger partial charge in [0.1, 0.15) is 12.6 Å². The summed E-state index contributed by atoms with van der Waals surface area (Å²) >= 11 is 12.2. The van der Waals surface area contributed by atoms with Crippen LogP contribution in [0.1, 0.15) is 26.3 Å². The van der Waals surface area contributed by atoms with E-state index in [0.717, 1.165) is 10.6 Å². The second-order valence-corrected chi connectivity index (χ2v) is 10.4. The number of hydrogen-bond donors (Lipinski definition) is 1. The van der Waals surface area contributed by atoms with Crippen LogP contribution in [0.2, 0.25) is 10.0 Å². The molecule has 0 spiro atoms. The summed E-state index contributed by atoms with van der Waals surface area (Å²) in [7, 11) is -3.79. The van der Waals surface area contributed by atoms with Crippen LogP contribution in [0.25, 0.3) is 0 Å². The van der Waals surface area contributed by atoms with E-state index in [-0.39, 0.29) is 18.5 Å². The van der Waals surface area contributed by atoms with Crippen LogP contribution >= 0.6 is 23.2 Å². The van der Waals surface area contributed by atoms with Crippen molar-refractivity contribution in [3.05, 3.63) is 64.1 Å². The Bertz CT molecular complexity index is 1060. The number of nitrogens with one attached hydrogen (secondary N) is 1. The van der Waals surface area contributed by atoms with Crippen LogP contribution in [0.4, 0.5) is 5.69 Å². The van der Waals surface area contributed by atoms with Crippen LogP contribution in [0.15, 0.2) is 48.5 Å². The summed E-state index contributed by atoms with van der Waals surface area (Å²) in [5.74, 6) is -0.894. The highest BCUT2D eigenvalue weighted by atomic mass is 35.5. The molecule has 174 valence electrons. The number of carbonyl (C=O) groups excluding carboxylic acids is 2. The lowest BCUT2D eigenvalue weighted by molar-refractivity contribution is -0.139. The van der Waals surface area contributed by atoms with Crippen molar-refractivity contribution >= 4 is 50.7 Å². The molecule has 0 aromatic heterocycles. The van der Waals surface area contributed by atoms with E-state index in [1.54, 1.807) is 43.3 Å². The molecule has 0 radical (unpaired) electrons. The summed E-state index contributed by atoms with van der Waals surface area (Å²) in [6, 6.07) is 12.1. The van der Waals surface area contributed by atoms with Gasteiger partial charge in [-0.15, -0.1) is 0 Å². The third kappa shape index (κ3) is 7.12. The quantitative estimate of drug-likeness (QED) is 0.569. The molecule has 2 aromatic rings. The Balaban J connectivity index is 2.39. The minimum Gasteiger partial charge on any atom is -0.352 e. The van der Waals surface area contributed by atoms with E-state index >= 15 is 0 Å². The van der Waals surface area contributed by atoms with Crippen molar-refractivity contribution < 1.29 is 18.0 Å². The highest BCUT2D eigenvalue weighted by Crippen LogP contribution is 2.22. The molecular formula is C22H27Cl2N3O4S. The molecule has 0 heterocycles. The number of halogens is 2. The van der Waals surface area contributed by atoms with Gasteiger partial charge in [-0.25, -0.2) is 8.42 Å². The summed E-state index contributed by atoms with van der Waals surface area (Å²) < 4.78 is 25.9. The Morgan fingerprint density at radius 3 is 2.12 bits per heavy atom. The largest absolute Gasteiger partial charge is 0.352 e. The van der Waals surface area contributed by atoms with Crippen molar-refractivity contribution in [2.45, 2.75) is 39.4 Å². The maximum absolute atomic E-state index is 13.4. The van der Waals surface area contributed by atoms with Gasteiger partial charge in [0, 0.05) is 22.6 Å². The molecule has 2 aromatic carbocycles. The number of sulfonamides is 1. The molecule has 0 aliphatic carbocycles. The van der Waals surface area contributed by atoms with Crippen molar-refractivity contribution in [1.29, 1.82) is 0 Å². The predicted molar refractivity (Wildman–Crippen MR) is 128 cm³/mol. The zero-order chi connectivity index (χ0) is 24.1. The minimum atomic E-state index is -3.79. The van der Waals surface area contributed by atoms with E-state index in [2.05, 4.69) is 5.32 Å². The molecule has 7 nitrogen and oxygen atoms in total. The van der Waals surface area contributed by atoms with Gasteiger partial charge in [-0.2, -0.15) is 0 Å². The summed E-state index contributed by atoms with van der Waals surface area (Å²) in [5.41, 5.74) is 0.936. The molecule has 0 saturated carbocycles. The summed E-state index contributed by atoms with van der Waals surface area (Å²) in [6.45, 7) is 4.79. The van der Waals surface area contributed by atoms with Crippen LogP contribution in [0, 0.1) is 0 Å². The molecule has 2 amide bonds. The Labute approximate surface area is 199 Å². The fourth-order valence-electron chi connectivity index (χ4n) is 3.02. The molecule has 32 heavy (non-hydrogen) atoms. The van der Waals surface area contributed by atoms with Crippen molar-refractivity contribution in [2.24, 2.45) is 0 Å². The number of hydrogen-bond acceptors (Lipinski definition) is 4. The Morgan fingerprint density at radius 2 is 1.59 bits per heavy atom. The first-order chi connectivity index (χ1) is 14.9. The summed E-state index contributed by atoms with van der Waals surface area (Å²) in [5, 5.41) is 3.67. The van der Waals surface area contributed by atoms with E-state index in [1.165, 1.54) is 17.0 Å². The standard InChI is InChI=1S/C22H27Cl2N3O4S/c1-15(2)25-22(29)16(3)26(13-17-7-5-6-8-20(17)24)21(28)14-27(32(4,30)31)19-11-9-18(23)10-12-19/h5-12,15-16H,13-14H2,1-4H3,(H,25,29)/t16-/m0/s1. The van der Waals surface area contributed by atoms with Gasteiger partial charge < -0.3 is 10.2 Å². The first kappa shape index (κ1) is 26.0. The van der Waals surface area contributed by atoms with Gasteiger partial charge >= 0.3 is 0 Å². The van der Waals surface area contributed by atoms with Crippen LogP contribution in [0.3, 0.4) is 0 Å². The average molecular weight is 500 g/mol. The van der Waals surface area contributed by atoms with Gasteiger partial charge in [0.05, 0.1) is 11.9 Å². The second-order valence-electron chi connectivity index (χ2n) is 7.70. The van der Waals surface area contributed by atoms with Crippen LogP contribution in [-0.2, 0) is 26.2 Å². The van der Waals surface area contributed by atoms with Crippen molar-refractivity contribution in [1.82, 2.24) is 10.2 Å². The normalized spacial score (nSPS) is 12.3. The molecule has 0 aliphatic rings. The Morgan fingerprint density at radius 1 is 1.00 bits per heavy atom. The van der Waals surface area contributed by atoms with Crippen molar-refractivity contribution in [3.63, 3.8) is 0 Å². The Kier molecular flexibility index (Phi) is 8.95. The van der Waals surface area contributed by atoms with Gasteiger partial charge in [0.25, 0.3) is 0 Å². The molecule has 1 N–H and O–H groups in total. The van der Waals surface area contributed by atoms with E-state index < -0.39 is 28.5 Å². The molecule has 0 fully saturated rings. The number of nitrogens with zero attached hydrogens (tertiary/aromatic N) is 2. The van der Waals surface area contributed by atoms with E-state index in [4.69, 9.17) is 23.2 Å². The van der Waals surface area contributed by atoms with Gasteiger partial charge in [-0.05, 0) is 56.7 Å². The highest BCUT2D eigenvalue weighted by molar-refractivity contribution is 7.92. The lowest BCUT2D eigenvalue weighted by atomic mass is 10.1. The Hall–Kier alpha value is -2.29. The van der Waals surface area contributed by atoms with Crippen LogP contribution < -0.4 is 9.62 Å². The van der Waals surface area contributed by atoms with Gasteiger partial charge in [0.15, 0.2) is 0 Å². The number of anilines is 1. The number of carbonyl (C=O) groups is 2. The van der Waals surface area contributed by atoms with Crippen LogP contribution in [-0.4, -0.2) is 50.0 Å². The SMILES string of the molecule is CC(C)NC(=O)[C@H](C)N(Cc1ccccc1Cl)C(=O)CN(c1ccc(Cl)cc1)S(C)(=O)=O. The van der Waals surface area contributed by atoms with Crippen molar-refractivity contribution in [3.8, 4) is 0 Å². The molecule has 0 unspecified atom stereocenters. The van der Waals surface area contributed by atoms with Gasteiger partial charge in [-0.1, -0.05) is 41.4 Å². The third-order valence-corrected chi connectivity index (χ3v) is 6.45. The number of rotatable bonds is 9. The lowest BCUT2D eigenvalue weighted by Crippen LogP contribution is -2.52. The monoisotopic (exact) mass is 499 g/mol. The average Bonchev–Trinajstić information content (AvgIpc) is 2.70. The van der Waals surface area contributed by atoms with Gasteiger partial charge in [-0.3, -0.25) is 13.9 Å². The number of amides is 2. The van der Waals surface area contributed by atoms with Crippen LogP contribution in [0.5, 0.6) is 0 Å². The highest BCUT2D eigenvalue weighted by Gasteiger charge is 2.30. The first-order valence-electron chi connectivity index (χ1n) is 9.96. The fraction of sp³-hybridized carbons (Fsp3) is 0.364.